The van der Waals surface area contributed by atoms with E-state index in [-0.39, 0.29) is 28.5 Å². The summed E-state index contributed by atoms with van der Waals surface area (Å²) in [5, 5.41) is 23.6. The molecule has 1 aromatic heterocycles. The molecule has 2 amide bonds. The van der Waals surface area contributed by atoms with Crippen molar-refractivity contribution in [2.75, 3.05) is 26.1 Å². The average Bonchev–Trinajstić information content (AvgIpc) is 3.20. The summed E-state index contributed by atoms with van der Waals surface area (Å²) in [7, 11) is 2.76. The highest BCUT2D eigenvalue weighted by Gasteiger charge is 2.31. The predicted molar refractivity (Wildman–Crippen MR) is 96.8 cm³/mol. The first-order chi connectivity index (χ1) is 13.2. The van der Waals surface area contributed by atoms with Gasteiger partial charge in [0, 0.05) is 6.07 Å². The Balaban J connectivity index is 2.35. The maximum absolute atomic E-state index is 12.6. The van der Waals surface area contributed by atoms with Gasteiger partial charge in [-0.3, -0.25) is 9.59 Å². The van der Waals surface area contributed by atoms with E-state index in [4.69, 9.17) is 19.0 Å². The van der Waals surface area contributed by atoms with Crippen LogP contribution in [-0.2, 0) is 4.79 Å². The second-order valence-electron chi connectivity index (χ2n) is 5.95. The van der Waals surface area contributed by atoms with Gasteiger partial charge in [0.25, 0.3) is 11.8 Å². The molecule has 0 aliphatic rings. The molecular formula is C18H20N2O8. The molecule has 1 atom stereocenters. The van der Waals surface area contributed by atoms with E-state index in [0.717, 1.165) is 6.92 Å². The van der Waals surface area contributed by atoms with Crippen LogP contribution in [0.25, 0.3) is 0 Å². The molecule has 2 rings (SSSR count). The highest BCUT2D eigenvalue weighted by atomic mass is 16.5. The van der Waals surface area contributed by atoms with Crippen molar-refractivity contribution in [2.45, 2.75) is 12.5 Å². The quantitative estimate of drug-likeness (QED) is 0.522. The van der Waals surface area contributed by atoms with Crippen molar-refractivity contribution < 1.29 is 38.5 Å². The molecular weight excluding hydrogens is 372 g/mol. The minimum absolute atomic E-state index is 0.0231. The Kier molecular flexibility index (Phi) is 6.26. The minimum Gasteiger partial charge on any atom is -0.493 e. The van der Waals surface area contributed by atoms with E-state index < -0.39 is 29.9 Å². The molecule has 0 saturated heterocycles. The van der Waals surface area contributed by atoms with Crippen molar-refractivity contribution in [1.82, 2.24) is 5.32 Å². The average molecular weight is 392 g/mol. The molecule has 1 unspecified atom stereocenters. The number of carbonyl (C=O) groups excluding carboxylic acids is 2. The van der Waals surface area contributed by atoms with Gasteiger partial charge in [-0.25, -0.2) is 4.79 Å². The van der Waals surface area contributed by atoms with E-state index in [2.05, 4.69) is 10.6 Å². The van der Waals surface area contributed by atoms with Gasteiger partial charge in [-0.15, -0.1) is 0 Å². The lowest BCUT2D eigenvalue weighted by molar-refractivity contribution is -0.155. The molecule has 0 saturated carbocycles. The summed E-state index contributed by atoms with van der Waals surface area (Å²) in [6.45, 7) is 0.491. The Morgan fingerprint density at radius 1 is 1.14 bits per heavy atom. The Labute approximate surface area is 160 Å². The van der Waals surface area contributed by atoms with E-state index in [1.165, 1.54) is 44.7 Å². The SMILES string of the molecule is COc1cc(NC(=O)c2ccco2)c(C(=O)NCC(C)(O)C(=O)O)cc1OC. The summed E-state index contributed by atoms with van der Waals surface area (Å²) in [6, 6.07) is 5.68. The third-order valence-corrected chi connectivity index (χ3v) is 3.82. The van der Waals surface area contributed by atoms with Crippen molar-refractivity contribution in [3.8, 4) is 11.5 Å². The molecule has 10 nitrogen and oxygen atoms in total. The lowest BCUT2D eigenvalue weighted by Gasteiger charge is -2.20. The second kappa shape index (κ2) is 8.44. The van der Waals surface area contributed by atoms with E-state index >= 15 is 0 Å². The number of amides is 2. The van der Waals surface area contributed by atoms with Gasteiger partial charge in [-0.2, -0.15) is 0 Å². The zero-order chi connectivity index (χ0) is 20.9. The van der Waals surface area contributed by atoms with E-state index in [1.54, 1.807) is 0 Å². The highest BCUT2D eigenvalue weighted by Crippen LogP contribution is 2.33. The van der Waals surface area contributed by atoms with Crippen LogP contribution in [0.4, 0.5) is 5.69 Å². The van der Waals surface area contributed by atoms with E-state index in [9.17, 15) is 19.5 Å². The monoisotopic (exact) mass is 392 g/mol. The fraction of sp³-hybridized carbons (Fsp3) is 0.278. The lowest BCUT2D eigenvalue weighted by Crippen LogP contribution is -2.46. The molecule has 0 fully saturated rings. The number of carboxylic acid groups (broad SMARTS) is 1. The van der Waals surface area contributed by atoms with Gasteiger partial charge in [-0.1, -0.05) is 0 Å². The van der Waals surface area contributed by atoms with Crippen molar-refractivity contribution in [3.05, 3.63) is 41.9 Å². The topological polar surface area (TPSA) is 147 Å². The fourth-order valence-corrected chi connectivity index (χ4v) is 2.19. The number of carbonyl (C=O) groups is 3. The number of furan rings is 1. The minimum atomic E-state index is -2.16. The molecule has 0 spiro atoms. The van der Waals surface area contributed by atoms with E-state index in [1.807, 2.05) is 0 Å². The number of aliphatic carboxylic acids is 1. The Morgan fingerprint density at radius 3 is 2.32 bits per heavy atom. The van der Waals surface area contributed by atoms with Crippen molar-refractivity contribution in [2.24, 2.45) is 0 Å². The zero-order valence-electron chi connectivity index (χ0n) is 15.4. The molecule has 0 aliphatic heterocycles. The number of anilines is 1. The smallest absolute Gasteiger partial charge is 0.337 e. The van der Waals surface area contributed by atoms with Crippen LogP contribution in [0.5, 0.6) is 11.5 Å². The molecule has 10 heteroatoms. The number of hydrogen-bond acceptors (Lipinski definition) is 7. The lowest BCUT2D eigenvalue weighted by atomic mass is 10.1. The maximum Gasteiger partial charge on any atom is 0.337 e. The molecule has 28 heavy (non-hydrogen) atoms. The number of aliphatic hydroxyl groups is 1. The van der Waals surface area contributed by atoms with Gasteiger partial charge >= 0.3 is 5.97 Å². The van der Waals surface area contributed by atoms with Crippen LogP contribution in [0.1, 0.15) is 27.8 Å². The standard InChI is InChI=1S/C18H20N2O8/c1-18(25,17(23)24)9-19-15(21)10-7-13(26-2)14(27-3)8-11(10)20-16(22)12-5-4-6-28-12/h4-8,25H,9H2,1-3H3,(H,19,21)(H,20,22)(H,23,24). The van der Waals surface area contributed by atoms with Gasteiger partial charge in [0.15, 0.2) is 22.9 Å². The van der Waals surface area contributed by atoms with Crippen LogP contribution in [0.2, 0.25) is 0 Å². The molecule has 150 valence electrons. The molecule has 1 heterocycles. The Morgan fingerprint density at radius 2 is 1.79 bits per heavy atom. The largest absolute Gasteiger partial charge is 0.493 e. The summed E-state index contributed by atoms with van der Waals surface area (Å²) in [5.41, 5.74) is -2.12. The zero-order valence-corrected chi connectivity index (χ0v) is 15.4. The van der Waals surface area contributed by atoms with Gasteiger partial charge in [-0.05, 0) is 25.1 Å². The molecule has 0 bridgehead atoms. The third kappa shape index (κ3) is 4.60. The molecule has 0 aliphatic carbocycles. The predicted octanol–water partition coefficient (Wildman–Crippen LogP) is 1.11. The van der Waals surface area contributed by atoms with Crippen molar-refractivity contribution >= 4 is 23.5 Å². The van der Waals surface area contributed by atoms with Crippen molar-refractivity contribution in [1.29, 1.82) is 0 Å². The first kappa shape index (κ1) is 20.8. The van der Waals surface area contributed by atoms with E-state index in [0.29, 0.717) is 0 Å². The number of benzene rings is 1. The number of carboxylic acids is 1. The van der Waals surface area contributed by atoms with Crippen LogP contribution < -0.4 is 20.1 Å². The van der Waals surface area contributed by atoms with Crippen LogP contribution in [0.3, 0.4) is 0 Å². The third-order valence-electron chi connectivity index (χ3n) is 3.82. The first-order valence-corrected chi connectivity index (χ1v) is 8.04. The number of methoxy groups -OCH3 is 2. The fourth-order valence-electron chi connectivity index (χ4n) is 2.19. The summed E-state index contributed by atoms with van der Waals surface area (Å²) in [4.78, 5) is 35.9. The Bertz CT molecular complexity index is 874. The maximum atomic E-state index is 12.6. The number of hydrogen-bond donors (Lipinski definition) is 4. The molecule has 1 aromatic carbocycles. The van der Waals surface area contributed by atoms with Crippen LogP contribution in [-0.4, -0.2) is 54.4 Å². The highest BCUT2D eigenvalue weighted by molar-refractivity contribution is 6.08. The second-order valence-corrected chi connectivity index (χ2v) is 5.95. The van der Waals surface area contributed by atoms with Crippen molar-refractivity contribution in [3.63, 3.8) is 0 Å². The van der Waals surface area contributed by atoms with Crippen LogP contribution in [0, 0.1) is 0 Å². The van der Waals surface area contributed by atoms with Crippen LogP contribution in [0.15, 0.2) is 34.9 Å². The molecule has 2 aromatic rings. The summed E-state index contributed by atoms with van der Waals surface area (Å²) in [6.07, 6.45) is 1.32. The van der Waals surface area contributed by atoms with Gasteiger partial charge in [0.1, 0.15) is 0 Å². The normalized spacial score (nSPS) is 12.6. The summed E-state index contributed by atoms with van der Waals surface area (Å²) in [5.74, 6) is -2.34. The number of ether oxygens (including phenoxy) is 2. The molecule has 4 N–H and O–H groups in total. The molecule has 0 radical (unpaired) electrons. The Hall–Kier alpha value is -3.53. The number of rotatable bonds is 8. The summed E-state index contributed by atoms with van der Waals surface area (Å²) >= 11 is 0. The van der Waals surface area contributed by atoms with Gasteiger partial charge in [0.05, 0.1) is 38.3 Å². The van der Waals surface area contributed by atoms with Crippen LogP contribution >= 0.6 is 0 Å². The van der Waals surface area contributed by atoms with Gasteiger partial charge < -0.3 is 34.7 Å². The summed E-state index contributed by atoms with van der Waals surface area (Å²) < 4.78 is 15.4. The van der Waals surface area contributed by atoms with Gasteiger partial charge in [0.2, 0.25) is 0 Å². The first-order valence-electron chi connectivity index (χ1n) is 8.04. The number of nitrogens with one attached hydrogen (secondary N) is 2.